The molecule has 0 aromatic heterocycles. The Kier molecular flexibility index (Phi) is 2.88. The van der Waals surface area contributed by atoms with Crippen molar-refractivity contribution in [3.8, 4) is 0 Å². The largest absolute Gasteiger partial charge is 0.378 e. The molecule has 0 rings (SSSR count). The van der Waals surface area contributed by atoms with Crippen LogP contribution in [0.1, 0.15) is 0 Å². The third-order valence-corrected chi connectivity index (χ3v) is 2.42. The van der Waals surface area contributed by atoms with Gasteiger partial charge in [0.05, 0.1) is 0 Å². The molecule has 0 aromatic rings. The van der Waals surface area contributed by atoms with E-state index in [1.54, 1.807) is 0 Å². The molecule has 4 N–H and O–H groups in total. The summed E-state index contributed by atoms with van der Waals surface area (Å²) in [5, 5.41) is 6.18. The summed E-state index contributed by atoms with van der Waals surface area (Å²) in [6.45, 7) is 2.97. The Balaban J connectivity index is 4.28. The minimum atomic E-state index is -4.25. The van der Waals surface area contributed by atoms with Crippen LogP contribution in [-0.2, 0) is 10.1 Å². The van der Waals surface area contributed by atoms with Crippen LogP contribution in [-0.4, -0.2) is 18.1 Å². The molecule has 58 valence electrons. The minimum absolute atomic E-state index is 0.390. The number of hydrogen-bond acceptors (Lipinski definition) is 4. The first-order valence-corrected chi connectivity index (χ1v) is 4.28. The molecule has 0 saturated heterocycles. The van der Waals surface area contributed by atoms with Crippen LogP contribution in [0.3, 0.4) is 0 Å². The lowest BCUT2D eigenvalue weighted by molar-refractivity contribution is 0.493. The normalized spacial score (nSPS) is 10.9. The van der Waals surface area contributed by atoms with Crippen LogP contribution in [0, 0.1) is 5.41 Å². The summed E-state index contributed by atoms with van der Waals surface area (Å²) in [6.07, 6.45) is 0. The first-order chi connectivity index (χ1) is 4.34. The maximum absolute atomic E-state index is 10.1. The topological polar surface area (TPSA) is 104 Å². The van der Waals surface area contributed by atoms with Crippen molar-refractivity contribution in [3.05, 3.63) is 10.8 Å². The van der Waals surface area contributed by atoms with E-state index in [1.807, 2.05) is 0 Å². The van der Waals surface area contributed by atoms with Gasteiger partial charge in [0.15, 0.2) is 5.17 Å². The van der Waals surface area contributed by atoms with Crippen LogP contribution >= 0.6 is 11.8 Å². The monoisotopic (exact) mass is 182 g/mol. The molecule has 0 heterocycles. The second kappa shape index (κ2) is 3.04. The number of hydrogen-bond donors (Lipinski definition) is 3. The van der Waals surface area contributed by atoms with Crippen LogP contribution in [0.5, 0.6) is 0 Å². The molecule has 0 radical (unpaired) electrons. The van der Waals surface area contributed by atoms with Gasteiger partial charge in [-0.2, -0.15) is 8.42 Å². The Bertz CT molecular complexity index is 255. The van der Waals surface area contributed by atoms with E-state index in [4.69, 9.17) is 15.7 Å². The zero-order valence-corrected chi connectivity index (χ0v) is 6.50. The fourth-order valence-corrected chi connectivity index (χ4v) is 1.11. The van der Waals surface area contributed by atoms with Gasteiger partial charge in [-0.05, 0) is 11.8 Å². The van der Waals surface area contributed by atoms with Crippen LogP contribution in [0.4, 0.5) is 0 Å². The first-order valence-electron chi connectivity index (χ1n) is 2.02. The molecule has 5 nitrogen and oxygen atoms in total. The van der Waals surface area contributed by atoms with Gasteiger partial charge in [-0.1, -0.05) is 6.58 Å². The number of nitrogens with two attached hydrogens (primary N) is 1. The predicted molar refractivity (Wildman–Crippen MR) is 40.2 cm³/mol. The summed E-state index contributed by atoms with van der Waals surface area (Å²) in [5.41, 5.74) is 4.80. The van der Waals surface area contributed by atoms with Crippen molar-refractivity contribution in [2.75, 3.05) is 0 Å². The van der Waals surface area contributed by atoms with Crippen molar-refractivity contribution >= 4 is 27.0 Å². The molecule has 0 aliphatic heterocycles. The van der Waals surface area contributed by atoms with Gasteiger partial charge >= 0.3 is 0 Å². The maximum Gasteiger partial charge on any atom is 0.300 e. The van der Waals surface area contributed by atoms with E-state index in [0.29, 0.717) is 11.8 Å². The average Bonchev–Trinajstić information content (AvgIpc) is 1.60. The van der Waals surface area contributed by atoms with Gasteiger partial charge in [0.25, 0.3) is 10.1 Å². The molecule has 0 fully saturated rings. The minimum Gasteiger partial charge on any atom is -0.378 e. The van der Waals surface area contributed by atoms with Crippen molar-refractivity contribution < 1.29 is 13.0 Å². The Morgan fingerprint density at radius 3 is 2.20 bits per heavy atom. The average molecular weight is 182 g/mol. The van der Waals surface area contributed by atoms with E-state index in [1.165, 1.54) is 0 Å². The van der Waals surface area contributed by atoms with Crippen LogP contribution in [0.2, 0.25) is 0 Å². The van der Waals surface area contributed by atoms with Crippen molar-refractivity contribution in [2.24, 2.45) is 5.73 Å². The summed E-state index contributed by atoms with van der Waals surface area (Å²) in [6, 6.07) is 0. The highest BCUT2D eigenvalue weighted by Gasteiger charge is 2.12. The summed E-state index contributed by atoms with van der Waals surface area (Å²) >= 11 is 0.390. The smallest absolute Gasteiger partial charge is 0.300 e. The quantitative estimate of drug-likeness (QED) is 0.316. The number of thioether (sulfide) groups is 1. The molecule has 0 unspecified atom stereocenters. The van der Waals surface area contributed by atoms with Gasteiger partial charge < -0.3 is 5.73 Å². The van der Waals surface area contributed by atoms with Gasteiger partial charge in [0.2, 0.25) is 0 Å². The Morgan fingerprint density at radius 1 is 1.70 bits per heavy atom. The second-order valence-electron chi connectivity index (χ2n) is 1.31. The summed E-state index contributed by atoms with van der Waals surface area (Å²) < 4.78 is 28.0. The molecule has 7 heteroatoms. The third-order valence-electron chi connectivity index (χ3n) is 0.512. The molecular weight excluding hydrogens is 176 g/mol. The standard InChI is InChI=1S/C3H6N2O3S2/c1-2(9-3(4)5)10(6,7)8/h1H2,(H3,4,5)(H,6,7,8). The van der Waals surface area contributed by atoms with Gasteiger partial charge in [-0.15, -0.1) is 0 Å². The Morgan fingerprint density at radius 2 is 2.10 bits per heavy atom. The van der Waals surface area contributed by atoms with Crippen molar-refractivity contribution in [1.29, 1.82) is 5.41 Å². The van der Waals surface area contributed by atoms with Gasteiger partial charge in [-0.3, -0.25) is 9.96 Å². The lowest BCUT2D eigenvalue weighted by Crippen LogP contribution is -2.07. The van der Waals surface area contributed by atoms with E-state index >= 15 is 0 Å². The fourth-order valence-electron chi connectivity index (χ4n) is 0.175. The molecule has 0 bridgehead atoms. The number of nitrogens with one attached hydrogen (secondary N) is 1. The van der Waals surface area contributed by atoms with E-state index in [2.05, 4.69) is 6.58 Å². The number of rotatable bonds is 2. The molecule has 10 heavy (non-hydrogen) atoms. The van der Waals surface area contributed by atoms with E-state index in [-0.39, 0.29) is 0 Å². The summed E-state index contributed by atoms with van der Waals surface area (Å²) in [4.78, 5) is 0. The molecular formula is C3H6N2O3S2. The van der Waals surface area contributed by atoms with E-state index < -0.39 is 19.5 Å². The first kappa shape index (κ1) is 9.47. The fraction of sp³-hybridized carbons (Fsp3) is 0. The van der Waals surface area contributed by atoms with Crippen LogP contribution in [0.15, 0.2) is 10.8 Å². The molecule has 0 spiro atoms. The Hall–Kier alpha value is -0.530. The van der Waals surface area contributed by atoms with Crippen molar-refractivity contribution in [3.63, 3.8) is 0 Å². The molecule has 0 amide bonds. The zero-order chi connectivity index (χ0) is 8.36. The third kappa shape index (κ3) is 3.49. The van der Waals surface area contributed by atoms with Gasteiger partial charge in [-0.25, -0.2) is 0 Å². The van der Waals surface area contributed by atoms with Gasteiger partial charge in [0.1, 0.15) is 4.24 Å². The molecule has 0 aliphatic carbocycles. The SMILES string of the molecule is C=C(SC(=N)N)S(=O)(=O)O. The van der Waals surface area contributed by atoms with E-state index in [9.17, 15) is 8.42 Å². The summed E-state index contributed by atoms with van der Waals surface area (Å²) in [5.74, 6) is 0. The summed E-state index contributed by atoms with van der Waals surface area (Å²) in [7, 11) is -4.25. The number of amidine groups is 1. The van der Waals surface area contributed by atoms with Gasteiger partial charge in [0, 0.05) is 0 Å². The van der Waals surface area contributed by atoms with E-state index in [0.717, 1.165) is 0 Å². The second-order valence-corrected chi connectivity index (χ2v) is 4.15. The van der Waals surface area contributed by atoms with Crippen molar-refractivity contribution in [2.45, 2.75) is 0 Å². The molecule has 0 atom stereocenters. The Labute approximate surface area is 62.6 Å². The van der Waals surface area contributed by atoms with Crippen LogP contribution < -0.4 is 5.73 Å². The molecule has 0 aliphatic rings. The highest BCUT2D eigenvalue weighted by atomic mass is 32.3. The predicted octanol–water partition coefficient (Wildman–Crippen LogP) is -0.0279. The lowest BCUT2D eigenvalue weighted by atomic mass is 11.2. The molecule has 0 saturated carbocycles. The molecule has 0 aromatic carbocycles. The highest BCUT2D eigenvalue weighted by Crippen LogP contribution is 2.16. The maximum atomic E-state index is 10.1. The van der Waals surface area contributed by atoms with Crippen molar-refractivity contribution in [1.82, 2.24) is 0 Å². The zero-order valence-electron chi connectivity index (χ0n) is 4.86. The van der Waals surface area contributed by atoms with Crippen LogP contribution in [0.25, 0.3) is 0 Å². The highest BCUT2D eigenvalue weighted by molar-refractivity contribution is 8.26. The lowest BCUT2D eigenvalue weighted by Gasteiger charge is -1.96.